The van der Waals surface area contributed by atoms with E-state index in [-0.39, 0.29) is 41.8 Å². The number of carboxylic acids is 1. The molecule has 0 spiro atoms. The molecule has 2 N–H and O–H groups in total. The Labute approximate surface area is 159 Å². The maximum atomic E-state index is 15.3. The minimum absolute atomic E-state index is 0.0205. The van der Waals surface area contributed by atoms with Crippen molar-refractivity contribution >= 4 is 22.6 Å². The molecule has 148 valence electrons. The predicted octanol–water partition coefficient (Wildman–Crippen LogP) is 2.28. The van der Waals surface area contributed by atoms with Crippen LogP contribution in [0.5, 0.6) is 5.75 Å². The number of anilines is 1. The fourth-order valence-corrected chi connectivity index (χ4v) is 5.12. The number of ether oxygens (including phenoxy) is 1. The van der Waals surface area contributed by atoms with Crippen LogP contribution < -0.4 is 15.1 Å². The van der Waals surface area contributed by atoms with E-state index in [9.17, 15) is 19.8 Å². The lowest BCUT2D eigenvalue weighted by atomic mass is 9.97. The van der Waals surface area contributed by atoms with Crippen LogP contribution in [0.1, 0.15) is 49.0 Å². The second-order valence-electron chi connectivity index (χ2n) is 8.09. The third-order valence-corrected chi connectivity index (χ3v) is 6.34. The van der Waals surface area contributed by atoms with Crippen molar-refractivity contribution in [1.29, 1.82) is 0 Å². The lowest BCUT2D eigenvalue weighted by Crippen LogP contribution is -2.45. The predicted molar refractivity (Wildman–Crippen MR) is 99.9 cm³/mol. The number of carboxylic acid groups (broad SMARTS) is 1. The van der Waals surface area contributed by atoms with Crippen molar-refractivity contribution in [3.8, 4) is 5.75 Å². The van der Waals surface area contributed by atoms with Crippen molar-refractivity contribution in [1.82, 2.24) is 4.57 Å². The Morgan fingerprint density at radius 2 is 1.96 bits per heavy atom. The van der Waals surface area contributed by atoms with E-state index in [1.165, 1.54) is 6.20 Å². The smallest absolute Gasteiger partial charge is 0.341 e. The van der Waals surface area contributed by atoms with Gasteiger partial charge in [0.1, 0.15) is 17.9 Å². The first-order valence-corrected chi connectivity index (χ1v) is 9.60. The summed E-state index contributed by atoms with van der Waals surface area (Å²) in [6.07, 6.45) is 3.86. The van der Waals surface area contributed by atoms with Crippen molar-refractivity contribution in [2.75, 3.05) is 11.5 Å². The molecule has 0 radical (unpaired) electrons. The van der Waals surface area contributed by atoms with Crippen LogP contribution in [-0.2, 0) is 0 Å². The van der Waals surface area contributed by atoms with Crippen molar-refractivity contribution < 1.29 is 24.1 Å². The molecule has 7 nitrogen and oxygen atoms in total. The zero-order chi connectivity index (χ0) is 19.7. The summed E-state index contributed by atoms with van der Waals surface area (Å²) in [6.45, 7) is 2.12. The van der Waals surface area contributed by atoms with Crippen LogP contribution in [-0.4, -0.2) is 45.5 Å². The number of aliphatic hydroxyl groups excluding tert-OH is 1. The van der Waals surface area contributed by atoms with Crippen LogP contribution in [0, 0.1) is 5.82 Å². The highest BCUT2D eigenvalue weighted by atomic mass is 19.1. The zero-order valence-electron chi connectivity index (χ0n) is 15.4. The van der Waals surface area contributed by atoms with E-state index in [2.05, 4.69) is 0 Å². The Morgan fingerprint density at radius 3 is 2.61 bits per heavy atom. The van der Waals surface area contributed by atoms with Gasteiger partial charge in [-0.1, -0.05) is 0 Å². The molecule has 2 aromatic rings. The first kappa shape index (κ1) is 17.5. The number of aromatic nitrogens is 1. The number of carbonyl (C=O) groups is 1. The van der Waals surface area contributed by atoms with Gasteiger partial charge in [-0.15, -0.1) is 0 Å². The van der Waals surface area contributed by atoms with Crippen LogP contribution >= 0.6 is 0 Å². The SMILES string of the molecule is C[C@H]1COc2c(N3C4CCC3CC(O)C4)c(F)cc3c(=O)c(C(=O)O)cn1c23. The van der Waals surface area contributed by atoms with Crippen LogP contribution in [0.3, 0.4) is 0 Å². The average molecular weight is 388 g/mol. The van der Waals surface area contributed by atoms with E-state index in [0.717, 1.165) is 18.9 Å². The fraction of sp³-hybridized carbons (Fsp3) is 0.500. The third kappa shape index (κ3) is 2.30. The van der Waals surface area contributed by atoms with Crippen molar-refractivity contribution in [3.05, 3.63) is 33.9 Å². The molecule has 3 aliphatic heterocycles. The molecule has 1 aromatic heterocycles. The van der Waals surface area contributed by atoms with E-state index >= 15 is 4.39 Å². The van der Waals surface area contributed by atoms with Gasteiger partial charge in [-0.2, -0.15) is 0 Å². The largest absolute Gasteiger partial charge is 0.487 e. The molecular weight excluding hydrogens is 367 g/mol. The summed E-state index contributed by atoms with van der Waals surface area (Å²) in [4.78, 5) is 26.2. The van der Waals surface area contributed by atoms with Gasteiger partial charge in [0.05, 0.1) is 23.0 Å². The summed E-state index contributed by atoms with van der Waals surface area (Å²) in [5.74, 6) is -1.62. The first-order chi connectivity index (χ1) is 13.4. The molecule has 0 aliphatic carbocycles. The molecule has 2 bridgehead atoms. The number of hydrogen-bond donors (Lipinski definition) is 2. The van der Waals surface area contributed by atoms with Gasteiger partial charge in [-0.3, -0.25) is 4.79 Å². The van der Waals surface area contributed by atoms with Gasteiger partial charge in [0.25, 0.3) is 0 Å². The third-order valence-electron chi connectivity index (χ3n) is 6.34. The van der Waals surface area contributed by atoms with Crippen molar-refractivity contribution in [2.24, 2.45) is 0 Å². The molecule has 28 heavy (non-hydrogen) atoms. The van der Waals surface area contributed by atoms with Gasteiger partial charge in [0.15, 0.2) is 11.6 Å². The molecule has 2 fully saturated rings. The Kier molecular flexibility index (Phi) is 3.71. The summed E-state index contributed by atoms with van der Waals surface area (Å²) in [7, 11) is 0. The molecule has 0 amide bonds. The number of piperidine rings is 1. The topological polar surface area (TPSA) is 92.0 Å². The highest BCUT2D eigenvalue weighted by Crippen LogP contribution is 2.48. The first-order valence-electron chi connectivity index (χ1n) is 9.60. The summed E-state index contributed by atoms with van der Waals surface area (Å²) in [6, 6.07) is 1.01. The van der Waals surface area contributed by atoms with Gasteiger partial charge in [-0.25, -0.2) is 9.18 Å². The molecule has 2 unspecified atom stereocenters. The second kappa shape index (κ2) is 5.94. The number of aliphatic hydroxyl groups is 1. The molecule has 1 aromatic carbocycles. The summed E-state index contributed by atoms with van der Waals surface area (Å²) < 4.78 is 22.9. The number of hydrogen-bond acceptors (Lipinski definition) is 5. The lowest BCUT2D eigenvalue weighted by Gasteiger charge is -2.41. The van der Waals surface area contributed by atoms with Crippen LogP contribution in [0.4, 0.5) is 10.1 Å². The number of rotatable bonds is 2. The molecule has 3 atom stereocenters. The minimum Gasteiger partial charge on any atom is -0.487 e. The van der Waals surface area contributed by atoms with Crippen molar-refractivity contribution in [3.63, 3.8) is 0 Å². The Balaban J connectivity index is 1.80. The standard InChI is InChI=1S/C20H21FN2O5/c1-9-8-28-19-16-13(18(25)14(20(26)27)7-22(9)16)6-15(21)17(19)23-10-2-3-11(23)5-12(24)4-10/h6-7,9-12,24H,2-5,8H2,1H3,(H,26,27)/t9-,10?,11?,12?/m0/s1. The zero-order valence-corrected chi connectivity index (χ0v) is 15.4. The molecule has 0 saturated carbocycles. The number of halogens is 1. The summed E-state index contributed by atoms with van der Waals surface area (Å²) in [5.41, 5.74) is -0.314. The normalized spacial score (nSPS) is 28.5. The average Bonchev–Trinajstić information content (AvgIpc) is 2.89. The minimum atomic E-state index is -1.33. The van der Waals surface area contributed by atoms with Crippen molar-refractivity contribution in [2.45, 2.75) is 56.8 Å². The summed E-state index contributed by atoms with van der Waals surface area (Å²) in [5, 5.41) is 19.5. The molecule has 2 saturated heterocycles. The van der Waals surface area contributed by atoms with E-state index in [1.807, 2.05) is 11.8 Å². The monoisotopic (exact) mass is 388 g/mol. The number of benzene rings is 1. The van der Waals surface area contributed by atoms with Gasteiger partial charge >= 0.3 is 5.97 Å². The van der Waals surface area contributed by atoms with Gasteiger partial charge in [0.2, 0.25) is 5.43 Å². The Bertz CT molecular complexity index is 1050. The number of pyridine rings is 1. The molecular formula is C20H21FN2O5. The van der Waals surface area contributed by atoms with Gasteiger partial charge in [-0.05, 0) is 38.7 Å². The highest BCUT2D eigenvalue weighted by molar-refractivity contribution is 5.97. The summed E-state index contributed by atoms with van der Waals surface area (Å²) >= 11 is 0. The van der Waals surface area contributed by atoms with E-state index < -0.39 is 17.2 Å². The molecule has 3 aliphatic rings. The lowest BCUT2D eigenvalue weighted by molar-refractivity contribution is 0.0694. The van der Waals surface area contributed by atoms with E-state index in [4.69, 9.17) is 4.74 Å². The van der Waals surface area contributed by atoms with Gasteiger partial charge < -0.3 is 24.4 Å². The molecule has 5 rings (SSSR count). The maximum absolute atomic E-state index is 15.3. The molecule has 8 heteroatoms. The Hall–Kier alpha value is -2.61. The number of nitrogens with zero attached hydrogens (tertiary/aromatic N) is 2. The fourth-order valence-electron chi connectivity index (χ4n) is 5.12. The van der Waals surface area contributed by atoms with Crippen LogP contribution in [0.15, 0.2) is 17.1 Å². The molecule has 4 heterocycles. The maximum Gasteiger partial charge on any atom is 0.341 e. The van der Waals surface area contributed by atoms with E-state index in [1.54, 1.807) is 4.57 Å². The number of aromatic carboxylic acids is 1. The van der Waals surface area contributed by atoms with E-state index in [0.29, 0.717) is 29.8 Å². The Morgan fingerprint density at radius 1 is 1.29 bits per heavy atom. The van der Waals surface area contributed by atoms with Crippen LogP contribution in [0.25, 0.3) is 10.9 Å². The second-order valence-corrected chi connectivity index (χ2v) is 8.09. The quantitative estimate of drug-likeness (QED) is 0.820. The highest BCUT2D eigenvalue weighted by Gasteiger charge is 2.43. The van der Waals surface area contributed by atoms with Gasteiger partial charge in [0, 0.05) is 18.3 Å². The number of fused-ring (bicyclic) bond motifs is 2. The van der Waals surface area contributed by atoms with Crippen LogP contribution in [0.2, 0.25) is 0 Å².